The van der Waals surface area contributed by atoms with Crippen LogP contribution in [0, 0.1) is 0 Å². The summed E-state index contributed by atoms with van der Waals surface area (Å²) >= 11 is 0. The van der Waals surface area contributed by atoms with Crippen LogP contribution >= 0.6 is 0 Å². The second kappa shape index (κ2) is 5.41. The van der Waals surface area contributed by atoms with E-state index in [1.165, 1.54) is 25.7 Å². The van der Waals surface area contributed by atoms with Crippen LogP contribution < -0.4 is 5.73 Å². The van der Waals surface area contributed by atoms with Gasteiger partial charge in [0.05, 0.1) is 6.54 Å². The first-order valence-corrected chi connectivity index (χ1v) is 6.08. The Kier molecular flexibility index (Phi) is 3.90. The van der Waals surface area contributed by atoms with Gasteiger partial charge in [0.15, 0.2) is 0 Å². The smallest absolute Gasteiger partial charge is 0.140 e. The topological polar surface area (TPSA) is 60.0 Å². The van der Waals surface area contributed by atoms with Gasteiger partial charge < -0.3 is 5.73 Å². The van der Waals surface area contributed by atoms with Gasteiger partial charge in [-0.25, -0.2) is 4.98 Å². The molecule has 2 N–H and O–H groups in total. The largest absolute Gasteiger partial charge is 0.329 e. The molecule has 0 spiro atoms. The first-order chi connectivity index (χ1) is 7.81. The molecule has 1 aliphatic heterocycles. The molecule has 0 saturated carbocycles. The second-order valence-electron chi connectivity index (χ2n) is 4.51. The average molecular weight is 223 g/mol. The van der Waals surface area contributed by atoms with Crippen molar-refractivity contribution in [3.05, 3.63) is 12.2 Å². The highest BCUT2D eigenvalue weighted by Gasteiger charge is 2.20. The predicted octanol–water partition coefficient (Wildman–Crippen LogP) is 0.518. The van der Waals surface area contributed by atoms with Crippen molar-refractivity contribution in [2.24, 2.45) is 12.8 Å². The van der Waals surface area contributed by atoms with Crippen LogP contribution in [0.4, 0.5) is 0 Å². The first kappa shape index (κ1) is 11.5. The molecule has 1 saturated heterocycles. The Morgan fingerprint density at radius 2 is 2.31 bits per heavy atom. The highest BCUT2D eigenvalue weighted by Crippen LogP contribution is 2.17. The highest BCUT2D eigenvalue weighted by atomic mass is 15.3. The molecule has 1 atom stereocenters. The zero-order chi connectivity index (χ0) is 11.4. The Morgan fingerprint density at radius 3 is 3.00 bits per heavy atom. The van der Waals surface area contributed by atoms with Crippen molar-refractivity contribution in [3.63, 3.8) is 0 Å². The molecule has 5 heteroatoms. The Morgan fingerprint density at radius 1 is 1.44 bits per heavy atom. The van der Waals surface area contributed by atoms with Crippen LogP contribution in [0.25, 0.3) is 0 Å². The maximum absolute atomic E-state index is 5.85. The molecule has 2 heterocycles. The van der Waals surface area contributed by atoms with Crippen LogP contribution in [0.1, 0.15) is 31.5 Å². The molecule has 1 aromatic rings. The monoisotopic (exact) mass is 223 g/mol. The van der Waals surface area contributed by atoms with Crippen molar-refractivity contribution in [1.82, 2.24) is 19.7 Å². The maximum Gasteiger partial charge on any atom is 0.140 e. The van der Waals surface area contributed by atoms with E-state index in [1.54, 1.807) is 6.33 Å². The molecule has 0 radical (unpaired) electrons. The van der Waals surface area contributed by atoms with Gasteiger partial charge in [0.25, 0.3) is 0 Å². The quantitative estimate of drug-likeness (QED) is 0.811. The third kappa shape index (κ3) is 2.59. The van der Waals surface area contributed by atoms with E-state index in [1.807, 2.05) is 11.7 Å². The molecule has 90 valence electrons. The number of aromatic nitrogens is 3. The molecular weight excluding hydrogens is 202 g/mol. The lowest BCUT2D eigenvalue weighted by Gasteiger charge is -2.28. The fraction of sp³-hybridized carbons (Fsp3) is 0.818. The molecule has 1 aromatic heterocycles. The molecule has 1 aliphatic rings. The molecule has 0 bridgehead atoms. The van der Waals surface area contributed by atoms with Gasteiger partial charge in [-0.3, -0.25) is 9.58 Å². The lowest BCUT2D eigenvalue weighted by atomic mass is 10.1. The Balaban J connectivity index is 2.03. The zero-order valence-electron chi connectivity index (χ0n) is 9.97. The third-order valence-electron chi connectivity index (χ3n) is 3.42. The van der Waals surface area contributed by atoms with Gasteiger partial charge in [-0.1, -0.05) is 12.8 Å². The molecule has 5 nitrogen and oxygen atoms in total. The van der Waals surface area contributed by atoms with Crippen molar-refractivity contribution in [3.8, 4) is 0 Å². The van der Waals surface area contributed by atoms with E-state index in [0.717, 1.165) is 25.5 Å². The van der Waals surface area contributed by atoms with Crippen LogP contribution in [0.3, 0.4) is 0 Å². The van der Waals surface area contributed by atoms with Gasteiger partial charge in [-0.15, -0.1) is 0 Å². The molecule has 0 aromatic carbocycles. The summed E-state index contributed by atoms with van der Waals surface area (Å²) in [5, 5.41) is 4.10. The summed E-state index contributed by atoms with van der Waals surface area (Å²) in [5.41, 5.74) is 5.85. The summed E-state index contributed by atoms with van der Waals surface area (Å²) in [4.78, 5) is 6.73. The number of nitrogens with two attached hydrogens (primary N) is 1. The molecule has 16 heavy (non-hydrogen) atoms. The fourth-order valence-corrected chi connectivity index (χ4v) is 2.36. The van der Waals surface area contributed by atoms with Crippen molar-refractivity contribution in [2.75, 3.05) is 13.1 Å². The molecular formula is C11H21N5. The van der Waals surface area contributed by atoms with Crippen molar-refractivity contribution in [2.45, 2.75) is 38.3 Å². The van der Waals surface area contributed by atoms with Crippen LogP contribution in [-0.4, -0.2) is 38.8 Å². The fourth-order valence-electron chi connectivity index (χ4n) is 2.36. The van der Waals surface area contributed by atoms with E-state index in [4.69, 9.17) is 5.73 Å². The summed E-state index contributed by atoms with van der Waals surface area (Å²) in [6.07, 6.45) is 6.73. The SMILES string of the molecule is Cn1ncnc1CN1CCCCCC1CN. The van der Waals surface area contributed by atoms with Crippen LogP contribution in [0.5, 0.6) is 0 Å². The van der Waals surface area contributed by atoms with E-state index in [-0.39, 0.29) is 0 Å². The van der Waals surface area contributed by atoms with E-state index in [0.29, 0.717) is 6.04 Å². The van der Waals surface area contributed by atoms with E-state index in [9.17, 15) is 0 Å². The lowest BCUT2D eigenvalue weighted by molar-refractivity contribution is 0.188. The normalized spacial score (nSPS) is 23.2. The number of likely N-dealkylation sites (tertiary alicyclic amines) is 1. The van der Waals surface area contributed by atoms with Crippen molar-refractivity contribution >= 4 is 0 Å². The number of nitrogens with zero attached hydrogens (tertiary/aromatic N) is 4. The Bertz CT molecular complexity index is 322. The van der Waals surface area contributed by atoms with Crippen molar-refractivity contribution in [1.29, 1.82) is 0 Å². The summed E-state index contributed by atoms with van der Waals surface area (Å²) < 4.78 is 1.85. The third-order valence-corrected chi connectivity index (χ3v) is 3.42. The standard InChI is InChI=1S/C11H21N5/c1-15-11(13-9-14-15)8-16-6-4-2-3-5-10(16)7-12/h9-10H,2-8,12H2,1H3. The van der Waals surface area contributed by atoms with E-state index >= 15 is 0 Å². The summed E-state index contributed by atoms with van der Waals surface area (Å²) in [7, 11) is 1.94. The molecule has 0 amide bonds. The molecule has 2 rings (SSSR count). The second-order valence-corrected chi connectivity index (χ2v) is 4.51. The number of rotatable bonds is 3. The van der Waals surface area contributed by atoms with Crippen LogP contribution in [0.15, 0.2) is 6.33 Å². The van der Waals surface area contributed by atoms with E-state index in [2.05, 4.69) is 15.0 Å². The van der Waals surface area contributed by atoms with E-state index < -0.39 is 0 Å². The summed E-state index contributed by atoms with van der Waals surface area (Å²) in [6.45, 7) is 2.75. The molecule has 0 aliphatic carbocycles. The van der Waals surface area contributed by atoms with Gasteiger partial charge in [0.2, 0.25) is 0 Å². The molecule has 1 fully saturated rings. The Labute approximate surface area is 96.6 Å². The summed E-state index contributed by atoms with van der Waals surface area (Å²) in [5.74, 6) is 1.03. The minimum absolute atomic E-state index is 0.513. The lowest BCUT2D eigenvalue weighted by Crippen LogP contribution is -2.40. The molecule has 1 unspecified atom stereocenters. The van der Waals surface area contributed by atoms with Gasteiger partial charge in [0, 0.05) is 19.6 Å². The predicted molar refractivity (Wildman–Crippen MR) is 62.7 cm³/mol. The Hall–Kier alpha value is -0.940. The van der Waals surface area contributed by atoms with Gasteiger partial charge in [-0.05, 0) is 19.4 Å². The minimum atomic E-state index is 0.513. The van der Waals surface area contributed by atoms with Gasteiger partial charge in [0.1, 0.15) is 12.2 Å². The van der Waals surface area contributed by atoms with Gasteiger partial charge in [-0.2, -0.15) is 5.10 Å². The maximum atomic E-state index is 5.85. The van der Waals surface area contributed by atoms with Crippen LogP contribution in [-0.2, 0) is 13.6 Å². The van der Waals surface area contributed by atoms with Crippen LogP contribution in [0.2, 0.25) is 0 Å². The van der Waals surface area contributed by atoms with Gasteiger partial charge >= 0.3 is 0 Å². The zero-order valence-corrected chi connectivity index (χ0v) is 9.97. The number of aryl methyl sites for hydroxylation is 1. The first-order valence-electron chi connectivity index (χ1n) is 6.08. The highest BCUT2D eigenvalue weighted by molar-refractivity contribution is 4.87. The van der Waals surface area contributed by atoms with Crippen molar-refractivity contribution < 1.29 is 0 Å². The summed E-state index contributed by atoms with van der Waals surface area (Å²) in [6, 6.07) is 0.513. The number of hydrogen-bond acceptors (Lipinski definition) is 4. The average Bonchev–Trinajstić information content (AvgIpc) is 2.56. The minimum Gasteiger partial charge on any atom is -0.329 e. The number of hydrogen-bond donors (Lipinski definition) is 1.